The van der Waals surface area contributed by atoms with E-state index >= 15 is 0 Å². The molecule has 5 nitrogen and oxygen atoms in total. The minimum atomic E-state index is -0.0470. The van der Waals surface area contributed by atoms with E-state index in [2.05, 4.69) is 24.3 Å². The van der Waals surface area contributed by atoms with Crippen LogP contribution in [0, 0.1) is 5.92 Å². The first-order valence-electron chi connectivity index (χ1n) is 6.09. The minimum absolute atomic E-state index is 0.0470. The van der Waals surface area contributed by atoms with E-state index < -0.39 is 0 Å². The molecule has 3 N–H and O–H groups in total. The monoisotopic (exact) mass is 246 g/mol. The smallest absolute Gasteiger partial charge is 0.262 e. The normalized spacial score (nSPS) is 11.1. The highest BCUT2D eigenvalue weighted by atomic mass is 16.1. The Bertz CT molecular complexity index is 603. The highest BCUT2D eigenvalue weighted by molar-refractivity contribution is 5.78. The fourth-order valence-corrected chi connectivity index (χ4v) is 1.87. The van der Waals surface area contributed by atoms with Crippen molar-refractivity contribution in [3.63, 3.8) is 0 Å². The van der Waals surface area contributed by atoms with E-state index in [4.69, 9.17) is 5.84 Å². The molecule has 1 heterocycles. The van der Waals surface area contributed by atoms with Gasteiger partial charge >= 0.3 is 0 Å². The van der Waals surface area contributed by atoms with Crippen molar-refractivity contribution >= 4 is 16.9 Å². The second kappa shape index (κ2) is 5.18. The summed E-state index contributed by atoms with van der Waals surface area (Å²) in [5.41, 5.74) is 3.12. The van der Waals surface area contributed by atoms with E-state index in [-0.39, 0.29) is 5.56 Å². The molecule has 0 unspecified atom stereocenters. The van der Waals surface area contributed by atoms with Crippen molar-refractivity contribution in [2.45, 2.75) is 26.8 Å². The number of aromatic nitrogens is 2. The highest BCUT2D eigenvalue weighted by Crippen LogP contribution is 2.11. The highest BCUT2D eigenvalue weighted by Gasteiger charge is 2.09. The predicted molar refractivity (Wildman–Crippen MR) is 73.3 cm³/mol. The molecule has 18 heavy (non-hydrogen) atoms. The number of benzene rings is 1. The number of nitrogen functional groups attached to an aromatic ring is 1. The lowest BCUT2D eigenvalue weighted by Crippen LogP contribution is -2.27. The van der Waals surface area contributed by atoms with Crippen LogP contribution in [0.5, 0.6) is 0 Å². The van der Waals surface area contributed by atoms with Gasteiger partial charge in [0.15, 0.2) is 0 Å². The number of rotatable bonds is 4. The molecule has 0 aliphatic carbocycles. The van der Waals surface area contributed by atoms with Gasteiger partial charge in [0.2, 0.25) is 5.95 Å². The summed E-state index contributed by atoms with van der Waals surface area (Å²) < 4.78 is 1.60. The minimum Gasteiger partial charge on any atom is -0.294 e. The molecule has 0 bridgehead atoms. The lowest BCUT2D eigenvalue weighted by Gasteiger charge is -2.13. The van der Waals surface area contributed by atoms with Crippen molar-refractivity contribution in [3.8, 4) is 0 Å². The quantitative estimate of drug-likeness (QED) is 0.636. The third kappa shape index (κ3) is 2.36. The fraction of sp³-hybridized carbons (Fsp3) is 0.385. The maximum Gasteiger partial charge on any atom is 0.262 e. The molecule has 0 radical (unpaired) electrons. The van der Waals surface area contributed by atoms with Crippen LogP contribution in [-0.2, 0) is 6.54 Å². The van der Waals surface area contributed by atoms with E-state index in [9.17, 15) is 4.79 Å². The number of anilines is 1. The SMILES string of the molecule is CC(C)CCn1c(NN)nc2ccccc2c1=O. The molecule has 0 saturated heterocycles. The van der Waals surface area contributed by atoms with Gasteiger partial charge in [0.05, 0.1) is 10.9 Å². The van der Waals surface area contributed by atoms with Crippen molar-refractivity contribution in [1.82, 2.24) is 9.55 Å². The third-order valence-electron chi connectivity index (χ3n) is 2.92. The van der Waals surface area contributed by atoms with Gasteiger partial charge in [-0.25, -0.2) is 10.8 Å². The van der Waals surface area contributed by atoms with Gasteiger partial charge in [-0.3, -0.25) is 14.8 Å². The Morgan fingerprint density at radius 2 is 2.11 bits per heavy atom. The summed E-state index contributed by atoms with van der Waals surface area (Å²) in [6, 6.07) is 7.29. The van der Waals surface area contributed by atoms with Gasteiger partial charge in [0.25, 0.3) is 5.56 Å². The van der Waals surface area contributed by atoms with Crippen LogP contribution < -0.4 is 16.8 Å². The van der Waals surface area contributed by atoms with Crippen LogP contribution in [0.15, 0.2) is 29.1 Å². The van der Waals surface area contributed by atoms with Crippen LogP contribution >= 0.6 is 0 Å². The molecule has 0 saturated carbocycles. The third-order valence-corrected chi connectivity index (χ3v) is 2.92. The van der Waals surface area contributed by atoms with Crippen molar-refractivity contribution in [2.24, 2.45) is 11.8 Å². The van der Waals surface area contributed by atoms with Gasteiger partial charge in [0, 0.05) is 6.54 Å². The zero-order valence-electron chi connectivity index (χ0n) is 10.7. The zero-order valence-corrected chi connectivity index (χ0v) is 10.7. The Morgan fingerprint density at radius 3 is 2.78 bits per heavy atom. The Morgan fingerprint density at radius 1 is 1.39 bits per heavy atom. The summed E-state index contributed by atoms with van der Waals surface area (Å²) in [5, 5.41) is 0.625. The molecule has 2 rings (SSSR count). The van der Waals surface area contributed by atoms with Crippen LogP contribution in [-0.4, -0.2) is 9.55 Å². The standard InChI is InChI=1S/C13H18N4O/c1-9(2)7-8-17-12(18)10-5-3-4-6-11(10)15-13(17)16-14/h3-6,9H,7-8,14H2,1-2H3,(H,15,16). The molecular formula is C13H18N4O. The van der Waals surface area contributed by atoms with Crippen LogP contribution in [0.1, 0.15) is 20.3 Å². The molecule has 2 aromatic rings. The van der Waals surface area contributed by atoms with Crippen LogP contribution in [0.4, 0.5) is 5.95 Å². The number of para-hydroxylation sites is 1. The number of fused-ring (bicyclic) bond motifs is 1. The van der Waals surface area contributed by atoms with E-state index in [0.29, 0.717) is 29.3 Å². The van der Waals surface area contributed by atoms with Crippen LogP contribution in [0.3, 0.4) is 0 Å². The van der Waals surface area contributed by atoms with Crippen molar-refractivity contribution < 1.29 is 0 Å². The van der Waals surface area contributed by atoms with E-state index in [1.807, 2.05) is 18.2 Å². The first-order chi connectivity index (χ1) is 8.63. The van der Waals surface area contributed by atoms with E-state index in [1.165, 1.54) is 0 Å². The summed E-state index contributed by atoms with van der Waals surface area (Å²) in [7, 11) is 0. The molecule has 0 atom stereocenters. The van der Waals surface area contributed by atoms with Gasteiger partial charge in [0.1, 0.15) is 0 Å². The maximum absolute atomic E-state index is 12.3. The van der Waals surface area contributed by atoms with Gasteiger partial charge in [-0.15, -0.1) is 0 Å². The van der Waals surface area contributed by atoms with Gasteiger partial charge in [-0.05, 0) is 24.5 Å². The van der Waals surface area contributed by atoms with Crippen molar-refractivity contribution in [1.29, 1.82) is 0 Å². The Balaban J connectivity index is 2.56. The van der Waals surface area contributed by atoms with Crippen molar-refractivity contribution in [2.75, 3.05) is 5.43 Å². The molecule has 96 valence electrons. The second-order valence-corrected chi connectivity index (χ2v) is 4.74. The summed E-state index contributed by atoms with van der Waals surface area (Å²) in [6.07, 6.45) is 0.911. The number of hydrogen-bond acceptors (Lipinski definition) is 4. The van der Waals surface area contributed by atoms with Gasteiger partial charge in [-0.1, -0.05) is 26.0 Å². The molecule has 0 aliphatic rings. The average molecular weight is 246 g/mol. The van der Waals surface area contributed by atoms with E-state index in [0.717, 1.165) is 6.42 Å². The molecule has 0 spiro atoms. The first kappa shape index (κ1) is 12.6. The van der Waals surface area contributed by atoms with Gasteiger partial charge in [-0.2, -0.15) is 0 Å². The predicted octanol–water partition coefficient (Wildman–Crippen LogP) is 1.73. The molecular weight excluding hydrogens is 228 g/mol. The summed E-state index contributed by atoms with van der Waals surface area (Å²) in [5.74, 6) is 6.38. The number of nitrogens with two attached hydrogens (primary N) is 1. The molecule has 1 aromatic heterocycles. The number of nitrogens with one attached hydrogen (secondary N) is 1. The lowest BCUT2D eigenvalue weighted by atomic mass is 10.1. The largest absolute Gasteiger partial charge is 0.294 e. The molecule has 0 amide bonds. The van der Waals surface area contributed by atoms with Gasteiger partial charge < -0.3 is 0 Å². The molecule has 1 aromatic carbocycles. The maximum atomic E-state index is 12.3. The summed E-state index contributed by atoms with van der Waals surface area (Å²) in [4.78, 5) is 16.7. The Labute approximate surface area is 106 Å². The zero-order chi connectivity index (χ0) is 13.1. The Hall–Kier alpha value is -1.88. The number of nitrogens with zero attached hydrogens (tertiary/aromatic N) is 2. The number of hydrogen-bond donors (Lipinski definition) is 2. The first-order valence-corrected chi connectivity index (χ1v) is 6.09. The van der Waals surface area contributed by atoms with E-state index in [1.54, 1.807) is 10.6 Å². The fourth-order valence-electron chi connectivity index (χ4n) is 1.87. The Kier molecular flexibility index (Phi) is 3.62. The van der Waals surface area contributed by atoms with Crippen molar-refractivity contribution in [3.05, 3.63) is 34.6 Å². The number of hydrazine groups is 1. The summed E-state index contributed by atoms with van der Waals surface area (Å²) in [6.45, 7) is 4.86. The van der Waals surface area contributed by atoms with Crippen LogP contribution in [0.25, 0.3) is 10.9 Å². The lowest BCUT2D eigenvalue weighted by molar-refractivity contribution is 0.509. The second-order valence-electron chi connectivity index (χ2n) is 4.74. The summed E-state index contributed by atoms with van der Waals surface area (Å²) >= 11 is 0. The average Bonchev–Trinajstić information content (AvgIpc) is 2.37. The van der Waals surface area contributed by atoms with Crippen LogP contribution in [0.2, 0.25) is 0 Å². The molecule has 0 fully saturated rings. The molecule has 5 heteroatoms. The molecule has 0 aliphatic heterocycles. The topological polar surface area (TPSA) is 72.9 Å².